The van der Waals surface area contributed by atoms with Crippen molar-refractivity contribution in [1.29, 1.82) is 0 Å². The Morgan fingerprint density at radius 1 is 1.41 bits per heavy atom. The molecule has 92 valence electrons. The van der Waals surface area contributed by atoms with Crippen LogP contribution in [0.1, 0.15) is 44.6 Å². The number of benzene rings is 1. The first-order valence-corrected chi connectivity index (χ1v) is 6.35. The van der Waals surface area contributed by atoms with Crippen LogP contribution in [0.3, 0.4) is 0 Å². The summed E-state index contributed by atoms with van der Waals surface area (Å²) >= 11 is 0. The van der Waals surface area contributed by atoms with E-state index in [1.54, 1.807) is 0 Å². The Bertz CT molecular complexity index is 406. The number of guanidine groups is 1. The van der Waals surface area contributed by atoms with Gasteiger partial charge in [0.05, 0.1) is 6.04 Å². The second kappa shape index (κ2) is 5.21. The van der Waals surface area contributed by atoms with Crippen molar-refractivity contribution >= 4 is 11.6 Å². The van der Waals surface area contributed by atoms with Gasteiger partial charge in [0.15, 0.2) is 5.96 Å². The van der Waals surface area contributed by atoms with Gasteiger partial charge in [-0.3, -0.25) is 0 Å². The molecule has 0 aliphatic heterocycles. The first kappa shape index (κ1) is 12.0. The van der Waals surface area contributed by atoms with E-state index in [1.807, 2.05) is 12.1 Å². The van der Waals surface area contributed by atoms with Crippen molar-refractivity contribution in [3.8, 4) is 0 Å². The topological polar surface area (TPSA) is 50.4 Å². The maximum atomic E-state index is 5.88. The summed E-state index contributed by atoms with van der Waals surface area (Å²) < 4.78 is 0. The first-order chi connectivity index (χ1) is 8.15. The predicted octanol–water partition coefficient (Wildman–Crippen LogP) is 3.09. The molecular weight excluding hydrogens is 210 g/mol. The van der Waals surface area contributed by atoms with Gasteiger partial charge in [0, 0.05) is 5.69 Å². The standard InChI is InChI=1S/C14H21N3/c1-10(2)11-5-3-8-13(9-11)17-14(15)16-12-6-4-7-12/h3,5,8-10,12H,4,6-7H2,1-2H3,(H3,15,16,17). The summed E-state index contributed by atoms with van der Waals surface area (Å²) in [5, 5.41) is 3.16. The Kier molecular flexibility index (Phi) is 3.67. The van der Waals surface area contributed by atoms with Crippen LogP contribution in [-0.2, 0) is 0 Å². The summed E-state index contributed by atoms with van der Waals surface area (Å²) in [5.74, 6) is 1.07. The van der Waals surface area contributed by atoms with Crippen molar-refractivity contribution in [2.75, 3.05) is 5.32 Å². The fourth-order valence-corrected chi connectivity index (χ4v) is 1.87. The van der Waals surface area contributed by atoms with Crippen LogP contribution in [0.4, 0.5) is 5.69 Å². The lowest BCUT2D eigenvalue weighted by Gasteiger charge is -2.21. The molecule has 1 aromatic carbocycles. The molecule has 17 heavy (non-hydrogen) atoms. The summed E-state index contributed by atoms with van der Waals surface area (Å²) in [6.45, 7) is 4.37. The Balaban J connectivity index is 2.02. The van der Waals surface area contributed by atoms with Crippen LogP contribution in [0.2, 0.25) is 0 Å². The highest BCUT2D eigenvalue weighted by Crippen LogP contribution is 2.22. The number of nitrogens with zero attached hydrogens (tertiary/aromatic N) is 1. The van der Waals surface area contributed by atoms with Crippen LogP contribution in [0, 0.1) is 0 Å². The van der Waals surface area contributed by atoms with E-state index >= 15 is 0 Å². The zero-order valence-electron chi connectivity index (χ0n) is 10.6. The Labute approximate surface area is 103 Å². The van der Waals surface area contributed by atoms with Crippen LogP contribution in [0.25, 0.3) is 0 Å². The maximum Gasteiger partial charge on any atom is 0.193 e. The van der Waals surface area contributed by atoms with E-state index in [2.05, 4.69) is 36.3 Å². The molecule has 0 saturated heterocycles. The van der Waals surface area contributed by atoms with Crippen molar-refractivity contribution in [3.05, 3.63) is 29.8 Å². The van der Waals surface area contributed by atoms with Gasteiger partial charge in [-0.25, -0.2) is 4.99 Å². The van der Waals surface area contributed by atoms with Gasteiger partial charge in [-0.15, -0.1) is 0 Å². The van der Waals surface area contributed by atoms with Crippen LogP contribution in [0.5, 0.6) is 0 Å². The van der Waals surface area contributed by atoms with E-state index in [-0.39, 0.29) is 0 Å². The average Bonchev–Trinajstić information content (AvgIpc) is 2.24. The van der Waals surface area contributed by atoms with Crippen molar-refractivity contribution in [2.45, 2.75) is 45.1 Å². The zero-order valence-corrected chi connectivity index (χ0v) is 10.6. The van der Waals surface area contributed by atoms with E-state index < -0.39 is 0 Å². The van der Waals surface area contributed by atoms with Crippen molar-refractivity contribution in [3.63, 3.8) is 0 Å². The molecule has 0 unspecified atom stereocenters. The Morgan fingerprint density at radius 3 is 2.76 bits per heavy atom. The van der Waals surface area contributed by atoms with Gasteiger partial charge in [0.1, 0.15) is 0 Å². The molecule has 0 bridgehead atoms. The third-order valence-electron chi connectivity index (χ3n) is 3.22. The highest BCUT2D eigenvalue weighted by Gasteiger charge is 2.16. The number of anilines is 1. The molecule has 1 aromatic rings. The first-order valence-electron chi connectivity index (χ1n) is 6.35. The number of aliphatic imine (C=N–C) groups is 1. The number of rotatable bonds is 3. The molecule has 2 rings (SSSR count). The highest BCUT2D eigenvalue weighted by molar-refractivity contribution is 5.92. The summed E-state index contributed by atoms with van der Waals surface area (Å²) in [4.78, 5) is 4.44. The second-order valence-electron chi connectivity index (χ2n) is 5.00. The van der Waals surface area contributed by atoms with Crippen molar-refractivity contribution in [1.82, 2.24) is 0 Å². The fourth-order valence-electron chi connectivity index (χ4n) is 1.87. The van der Waals surface area contributed by atoms with Crippen LogP contribution in [-0.4, -0.2) is 12.0 Å². The van der Waals surface area contributed by atoms with Crippen molar-refractivity contribution in [2.24, 2.45) is 10.7 Å². The third-order valence-corrected chi connectivity index (χ3v) is 3.22. The van der Waals surface area contributed by atoms with E-state index in [9.17, 15) is 0 Å². The number of nitrogens with one attached hydrogen (secondary N) is 1. The van der Waals surface area contributed by atoms with Gasteiger partial charge in [0.25, 0.3) is 0 Å². The van der Waals surface area contributed by atoms with Gasteiger partial charge in [-0.05, 0) is 42.9 Å². The summed E-state index contributed by atoms with van der Waals surface area (Å²) in [7, 11) is 0. The Hall–Kier alpha value is -1.51. The molecule has 0 atom stereocenters. The van der Waals surface area contributed by atoms with E-state index in [0.29, 0.717) is 17.9 Å². The van der Waals surface area contributed by atoms with E-state index in [1.165, 1.54) is 24.8 Å². The van der Waals surface area contributed by atoms with Gasteiger partial charge in [0.2, 0.25) is 0 Å². The van der Waals surface area contributed by atoms with Crippen molar-refractivity contribution < 1.29 is 0 Å². The van der Waals surface area contributed by atoms with Gasteiger partial charge in [-0.1, -0.05) is 26.0 Å². The lowest BCUT2D eigenvalue weighted by Crippen LogP contribution is -2.27. The molecule has 1 fully saturated rings. The summed E-state index contributed by atoms with van der Waals surface area (Å²) in [6, 6.07) is 8.78. The molecule has 0 amide bonds. The molecule has 0 spiro atoms. The number of hydrogen-bond acceptors (Lipinski definition) is 1. The minimum Gasteiger partial charge on any atom is -0.370 e. The normalized spacial score (nSPS) is 17.0. The van der Waals surface area contributed by atoms with E-state index in [0.717, 1.165) is 5.69 Å². The third kappa shape index (κ3) is 3.22. The molecule has 1 aliphatic rings. The predicted molar refractivity (Wildman–Crippen MR) is 73.4 cm³/mol. The molecule has 1 saturated carbocycles. The number of hydrogen-bond donors (Lipinski definition) is 2. The quantitative estimate of drug-likeness (QED) is 0.620. The average molecular weight is 231 g/mol. The smallest absolute Gasteiger partial charge is 0.193 e. The second-order valence-corrected chi connectivity index (χ2v) is 5.00. The summed E-state index contributed by atoms with van der Waals surface area (Å²) in [6.07, 6.45) is 3.63. The number of nitrogens with two attached hydrogens (primary N) is 1. The fraction of sp³-hybridized carbons (Fsp3) is 0.500. The van der Waals surface area contributed by atoms with Gasteiger partial charge in [-0.2, -0.15) is 0 Å². The van der Waals surface area contributed by atoms with Crippen LogP contribution >= 0.6 is 0 Å². The molecule has 3 N–H and O–H groups in total. The lowest BCUT2D eigenvalue weighted by molar-refractivity contribution is 0.420. The summed E-state index contributed by atoms with van der Waals surface area (Å²) in [5.41, 5.74) is 8.22. The molecule has 0 radical (unpaired) electrons. The lowest BCUT2D eigenvalue weighted by atomic mass is 9.94. The van der Waals surface area contributed by atoms with Gasteiger partial charge < -0.3 is 11.1 Å². The Morgan fingerprint density at radius 2 is 2.18 bits per heavy atom. The van der Waals surface area contributed by atoms with E-state index in [4.69, 9.17) is 5.73 Å². The monoisotopic (exact) mass is 231 g/mol. The molecular formula is C14H21N3. The van der Waals surface area contributed by atoms with Crippen LogP contribution in [0.15, 0.2) is 29.3 Å². The highest BCUT2D eigenvalue weighted by atomic mass is 15.1. The molecule has 0 heterocycles. The molecule has 3 heteroatoms. The largest absolute Gasteiger partial charge is 0.370 e. The minimum atomic E-state index is 0.441. The molecule has 3 nitrogen and oxygen atoms in total. The SMILES string of the molecule is CC(C)c1cccc(NC(N)=NC2CCC2)c1. The van der Waals surface area contributed by atoms with Gasteiger partial charge >= 0.3 is 0 Å². The molecule has 1 aliphatic carbocycles. The molecule has 0 aromatic heterocycles. The minimum absolute atomic E-state index is 0.441. The van der Waals surface area contributed by atoms with Crippen LogP contribution < -0.4 is 11.1 Å². The zero-order chi connectivity index (χ0) is 12.3. The maximum absolute atomic E-state index is 5.88.